The number of methoxy groups -OCH3 is 1. The Morgan fingerprint density at radius 2 is 1.96 bits per heavy atom. The standard InChI is InChI=1S/C22H26N2O3S/c1-27-18-7-4-15(5-8-18)14-23-21(25)16-6-9-19-17(12-16)13-20(28-19)22(26)24-10-2-3-11-24/h4-5,7-8,13,16H,2-3,6,9-12,14H2,1H3,(H,23,25). The van der Waals surface area contributed by atoms with Crippen LogP contribution in [0.1, 0.15) is 44.9 Å². The Morgan fingerprint density at radius 1 is 1.21 bits per heavy atom. The number of amides is 2. The molecule has 0 bridgehead atoms. The van der Waals surface area contributed by atoms with E-state index in [1.54, 1.807) is 18.4 Å². The lowest BCUT2D eigenvalue weighted by molar-refractivity contribution is -0.125. The number of rotatable bonds is 5. The van der Waals surface area contributed by atoms with E-state index in [1.807, 2.05) is 35.2 Å². The van der Waals surface area contributed by atoms with E-state index >= 15 is 0 Å². The molecule has 4 rings (SSSR count). The van der Waals surface area contributed by atoms with Gasteiger partial charge >= 0.3 is 0 Å². The van der Waals surface area contributed by atoms with Gasteiger partial charge in [0, 0.05) is 30.4 Å². The van der Waals surface area contributed by atoms with Crippen LogP contribution in [0, 0.1) is 5.92 Å². The third-order valence-corrected chi connectivity index (χ3v) is 6.91. The first kappa shape index (κ1) is 19.0. The van der Waals surface area contributed by atoms with Crippen molar-refractivity contribution in [1.82, 2.24) is 10.2 Å². The monoisotopic (exact) mass is 398 g/mol. The lowest BCUT2D eigenvalue weighted by atomic mass is 9.87. The molecule has 0 saturated carbocycles. The van der Waals surface area contributed by atoms with Crippen molar-refractivity contribution >= 4 is 23.2 Å². The number of nitrogens with zero attached hydrogens (tertiary/aromatic N) is 1. The molecule has 2 aliphatic rings. The van der Waals surface area contributed by atoms with E-state index in [9.17, 15) is 9.59 Å². The van der Waals surface area contributed by atoms with Gasteiger partial charge in [0.2, 0.25) is 5.91 Å². The lowest BCUT2D eigenvalue weighted by Crippen LogP contribution is -2.33. The quantitative estimate of drug-likeness (QED) is 0.840. The van der Waals surface area contributed by atoms with Crippen molar-refractivity contribution in [3.63, 3.8) is 0 Å². The molecular formula is C22H26N2O3S. The first-order valence-electron chi connectivity index (χ1n) is 9.95. The Kier molecular flexibility index (Phi) is 5.67. The van der Waals surface area contributed by atoms with Crippen molar-refractivity contribution in [2.75, 3.05) is 20.2 Å². The lowest BCUT2D eigenvalue weighted by Gasteiger charge is -2.21. The minimum Gasteiger partial charge on any atom is -0.497 e. The molecular weight excluding hydrogens is 372 g/mol. The number of ether oxygens (including phenoxy) is 1. The Labute approximate surface area is 169 Å². The largest absolute Gasteiger partial charge is 0.497 e. The van der Waals surface area contributed by atoms with Crippen LogP contribution in [0.3, 0.4) is 0 Å². The van der Waals surface area contributed by atoms with Crippen LogP contribution in [-0.2, 0) is 24.2 Å². The van der Waals surface area contributed by atoms with Gasteiger partial charge in [-0.1, -0.05) is 12.1 Å². The number of carbonyl (C=O) groups is 2. The number of hydrogen-bond donors (Lipinski definition) is 1. The molecule has 148 valence electrons. The Hall–Kier alpha value is -2.34. The van der Waals surface area contributed by atoms with E-state index in [-0.39, 0.29) is 17.7 Å². The number of thiophene rings is 1. The Bertz CT molecular complexity index is 853. The highest BCUT2D eigenvalue weighted by Crippen LogP contribution is 2.33. The normalized spacial score (nSPS) is 18.6. The minimum atomic E-state index is -0.0184. The van der Waals surface area contributed by atoms with Crippen LogP contribution in [0.15, 0.2) is 30.3 Å². The van der Waals surface area contributed by atoms with Gasteiger partial charge in [-0.3, -0.25) is 9.59 Å². The molecule has 2 amide bonds. The second-order valence-corrected chi connectivity index (χ2v) is 8.70. The zero-order valence-corrected chi connectivity index (χ0v) is 17.0. The molecule has 1 N–H and O–H groups in total. The van der Waals surface area contributed by atoms with Gasteiger partial charge in [-0.2, -0.15) is 0 Å². The van der Waals surface area contributed by atoms with E-state index in [4.69, 9.17) is 4.74 Å². The fraction of sp³-hybridized carbons (Fsp3) is 0.455. The summed E-state index contributed by atoms with van der Waals surface area (Å²) >= 11 is 1.62. The molecule has 1 aliphatic heterocycles. The molecule has 1 aromatic heterocycles. The van der Waals surface area contributed by atoms with E-state index in [0.29, 0.717) is 6.54 Å². The smallest absolute Gasteiger partial charge is 0.263 e. The number of likely N-dealkylation sites (tertiary alicyclic amines) is 1. The van der Waals surface area contributed by atoms with Crippen LogP contribution in [-0.4, -0.2) is 36.9 Å². The number of carbonyl (C=O) groups excluding carboxylic acids is 2. The van der Waals surface area contributed by atoms with Crippen molar-refractivity contribution in [2.24, 2.45) is 5.92 Å². The molecule has 1 unspecified atom stereocenters. The average molecular weight is 399 g/mol. The molecule has 0 spiro atoms. The van der Waals surface area contributed by atoms with Gasteiger partial charge in [0.15, 0.2) is 0 Å². The third kappa shape index (κ3) is 4.07. The van der Waals surface area contributed by atoms with Crippen LogP contribution < -0.4 is 10.1 Å². The van der Waals surface area contributed by atoms with Crippen LogP contribution in [0.25, 0.3) is 0 Å². The molecule has 1 saturated heterocycles. The minimum absolute atomic E-state index is 0.0184. The fourth-order valence-corrected chi connectivity index (χ4v) is 5.18. The molecule has 1 aliphatic carbocycles. The van der Waals surface area contributed by atoms with Crippen LogP contribution in [0.5, 0.6) is 5.75 Å². The molecule has 1 atom stereocenters. The van der Waals surface area contributed by atoms with Gasteiger partial charge in [-0.25, -0.2) is 0 Å². The Morgan fingerprint density at radius 3 is 2.68 bits per heavy atom. The number of benzene rings is 1. The van der Waals surface area contributed by atoms with Gasteiger partial charge < -0.3 is 15.0 Å². The van der Waals surface area contributed by atoms with Gasteiger partial charge in [0.1, 0.15) is 5.75 Å². The second-order valence-electron chi connectivity index (χ2n) is 7.56. The van der Waals surface area contributed by atoms with Crippen LogP contribution >= 0.6 is 11.3 Å². The van der Waals surface area contributed by atoms with Crippen molar-refractivity contribution in [2.45, 2.75) is 38.6 Å². The first-order valence-corrected chi connectivity index (χ1v) is 10.8. The molecule has 2 aromatic rings. The predicted octanol–water partition coefficient (Wildman–Crippen LogP) is 3.41. The fourth-order valence-electron chi connectivity index (χ4n) is 4.01. The van der Waals surface area contributed by atoms with Crippen LogP contribution in [0.2, 0.25) is 0 Å². The van der Waals surface area contributed by atoms with E-state index in [1.165, 1.54) is 10.4 Å². The summed E-state index contributed by atoms with van der Waals surface area (Å²) in [6.45, 7) is 2.27. The number of nitrogens with one attached hydrogen (secondary N) is 1. The maximum Gasteiger partial charge on any atom is 0.263 e. The maximum atomic E-state index is 12.6. The molecule has 28 heavy (non-hydrogen) atoms. The Balaban J connectivity index is 1.35. The average Bonchev–Trinajstić information content (AvgIpc) is 3.41. The predicted molar refractivity (Wildman–Crippen MR) is 110 cm³/mol. The first-order chi connectivity index (χ1) is 13.6. The summed E-state index contributed by atoms with van der Waals surface area (Å²) in [5.74, 6) is 1.05. The summed E-state index contributed by atoms with van der Waals surface area (Å²) in [6, 6.07) is 9.77. The SMILES string of the molecule is COc1ccc(CNC(=O)C2CCc3sc(C(=O)N4CCCC4)cc3C2)cc1. The summed E-state index contributed by atoms with van der Waals surface area (Å²) in [6.07, 6.45) is 4.67. The number of aryl methyl sites for hydroxylation is 1. The highest BCUT2D eigenvalue weighted by atomic mass is 32.1. The van der Waals surface area contributed by atoms with Gasteiger partial charge in [-0.05, 0) is 61.4 Å². The van der Waals surface area contributed by atoms with Gasteiger partial charge in [0.25, 0.3) is 5.91 Å². The molecule has 1 fully saturated rings. The summed E-state index contributed by atoms with van der Waals surface area (Å²) < 4.78 is 5.16. The van der Waals surface area contributed by atoms with Crippen molar-refractivity contribution in [1.29, 1.82) is 0 Å². The topological polar surface area (TPSA) is 58.6 Å². The number of fused-ring (bicyclic) bond motifs is 1. The molecule has 2 heterocycles. The van der Waals surface area contributed by atoms with Gasteiger partial charge in [0.05, 0.1) is 12.0 Å². The molecule has 5 nitrogen and oxygen atoms in total. The zero-order valence-electron chi connectivity index (χ0n) is 16.2. The number of hydrogen-bond acceptors (Lipinski definition) is 4. The summed E-state index contributed by atoms with van der Waals surface area (Å²) in [5.41, 5.74) is 2.24. The summed E-state index contributed by atoms with van der Waals surface area (Å²) in [4.78, 5) is 29.4. The second kappa shape index (κ2) is 8.35. The highest BCUT2D eigenvalue weighted by molar-refractivity contribution is 7.14. The summed E-state index contributed by atoms with van der Waals surface area (Å²) in [7, 11) is 1.64. The van der Waals surface area contributed by atoms with Gasteiger partial charge in [-0.15, -0.1) is 11.3 Å². The third-order valence-electron chi connectivity index (χ3n) is 5.68. The van der Waals surface area contributed by atoms with E-state index in [0.717, 1.165) is 61.4 Å². The zero-order chi connectivity index (χ0) is 19.5. The van der Waals surface area contributed by atoms with E-state index in [2.05, 4.69) is 5.32 Å². The highest BCUT2D eigenvalue weighted by Gasteiger charge is 2.29. The molecule has 0 radical (unpaired) electrons. The van der Waals surface area contributed by atoms with Crippen molar-refractivity contribution < 1.29 is 14.3 Å². The maximum absolute atomic E-state index is 12.6. The molecule has 1 aromatic carbocycles. The van der Waals surface area contributed by atoms with Crippen molar-refractivity contribution in [3.05, 3.63) is 51.2 Å². The molecule has 6 heteroatoms. The van der Waals surface area contributed by atoms with Crippen molar-refractivity contribution in [3.8, 4) is 5.75 Å². The summed E-state index contributed by atoms with van der Waals surface area (Å²) in [5, 5.41) is 3.06. The van der Waals surface area contributed by atoms with E-state index < -0.39 is 0 Å². The van der Waals surface area contributed by atoms with Crippen LogP contribution in [0.4, 0.5) is 0 Å².